The van der Waals surface area contributed by atoms with E-state index >= 15 is 0 Å². The molecule has 1 fully saturated rings. The van der Waals surface area contributed by atoms with Crippen LogP contribution in [0.25, 0.3) is 6.08 Å². The summed E-state index contributed by atoms with van der Waals surface area (Å²) < 4.78 is 11.7. The summed E-state index contributed by atoms with van der Waals surface area (Å²) in [5.41, 5.74) is 1.47. The number of unbranched alkanes of at least 4 members (excludes halogenated alkanes) is 3. The molecule has 0 bridgehead atoms. The maximum Gasteiger partial charge on any atom is 0.335 e. The molecule has 2 aromatic rings. The number of anilines is 1. The molecule has 0 unspecified atom stereocenters. The Labute approximate surface area is 197 Å². The summed E-state index contributed by atoms with van der Waals surface area (Å²) in [5.74, 6) is 0.00339. The molecule has 0 aliphatic carbocycles. The Bertz CT molecular complexity index is 1030. The van der Waals surface area contributed by atoms with E-state index in [0.29, 0.717) is 33.0 Å². The fourth-order valence-electron chi connectivity index (χ4n) is 3.20. The maximum absolute atomic E-state index is 13.0. The number of ether oxygens (including phenoxy) is 2. The van der Waals surface area contributed by atoms with Gasteiger partial charge in [-0.15, -0.1) is 0 Å². The van der Waals surface area contributed by atoms with Crippen LogP contribution in [0.2, 0.25) is 0 Å². The highest BCUT2D eigenvalue weighted by Gasteiger charge is 2.33. The highest BCUT2D eigenvalue weighted by atomic mass is 32.2. The Morgan fingerprint density at radius 2 is 1.88 bits per heavy atom. The van der Waals surface area contributed by atoms with Crippen molar-refractivity contribution in [3.05, 3.63) is 58.5 Å². The van der Waals surface area contributed by atoms with Crippen molar-refractivity contribution in [3.63, 3.8) is 0 Å². The quantitative estimate of drug-likeness (QED) is 0.268. The minimum atomic E-state index is -1.02. The molecule has 32 heavy (non-hydrogen) atoms. The standard InChI is InChI=1S/C24H25NO5S2/c1-3-4-5-6-13-30-19-12-7-16(14-20(19)29-2)15-21-22(26)25(24(31)32-21)18-10-8-17(9-11-18)23(27)28/h7-12,14-15H,3-6,13H2,1-2H3,(H,27,28)/b21-15-. The Hall–Kier alpha value is -2.84. The van der Waals surface area contributed by atoms with Crippen LogP contribution in [0.3, 0.4) is 0 Å². The largest absolute Gasteiger partial charge is 0.493 e. The van der Waals surface area contributed by atoms with Gasteiger partial charge in [-0.25, -0.2) is 4.79 Å². The minimum absolute atomic E-state index is 0.148. The van der Waals surface area contributed by atoms with Crippen molar-refractivity contribution in [3.8, 4) is 11.5 Å². The maximum atomic E-state index is 13.0. The summed E-state index contributed by atoms with van der Waals surface area (Å²) in [4.78, 5) is 25.9. The molecule has 2 aromatic carbocycles. The zero-order valence-electron chi connectivity index (χ0n) is 18.0. The van der Waals surface area contributed by atoms with Gasteiger partial charge < -0.3 is 14.6 Å². The number of carboxylic acid groups (broad SMARTS) is 1. The van der Waals surface area contributed by atoms with Crippen LogP contribution in [0, 0.1) is 0 Å². The number of carbonyl (C=O) groups is 2. The molecule has 0 atom stereocenters. The fourth-order valence-corrected chi connectivity index (χ4v) is 4.50. The van der Waals surface area contributed by atoms with E-state index in [2.05, 4.69) is 6.92 Å². The predicted molar refractivity (Wildman–Crippen MR) is 132 cm³/mol. The normalized spacial score (nSPS) is 14.8. The molecular formula is C24H25NO5S2. The van der Waals surface area contributed by atoms with Gasteiger partial charge in [-0.2, -0.15) is 0 Å². The van der Waals surface area contributed by atoms with Crippen molar-refractivity contribution in [1.82, 2.24) is 0 Å². The van der Waals surface area contributed by atoms with Gasteiger partial charge in [-0.05, 0) is 54.5 Å². The molecule has 6 nitrogen and oxygen atoms in total. The van der Waals surface area contributed by atoms with Crippen molar-refractivity contribution in [2.45, 2.75) is 32.6 Å². The highest BCUT2D eigenvalue weighted by Crippen LogP contribution is 2.37. The first-order valence-corrected chi connectivity index (χ1v) is 11.6. The van der Waals surface area contributed by atoms with Gasteiger partial charge in [0.05, 0.1) is 29.9 Å². The lowest BCUT2D eigenvalue weighted by molar-refractivity contribution is -0.113. The number of thioether (sulfide) groups is 1. The lowest BCUT2D eigenvalue weighted by atomic mass is 10.1. The van der Waals surface area contributed by atoms with E-state index < -0.39 is 5.97 Å². The monoisotopic (exact) mass is 471 g/mol. The lowest BCUT2D eigenvalue weighted by Crippen LogP contribution is -2.27. The van der Waals surface area contributed by atoms with Gasteiger partial charge in [-0.1, -0.05) is 56.2 Å². The van der Waals surface area contributed by atoms with E-state index in [1.54, 1.807) is 25.3 Å². The number of nitrogens with zero attached hydrogens (tertiary/aromatic N) is 1. The van der Waals surface area contributed by atoms with Gasteiger partial charge in [0.1, 0.15) is 0 Å². The minimum Gasteiger partial charge on any atom is -0.493 e. The number of aromatic carboxylic acids is 1. The van der Waals surface area contributed by atoms with Crippen LogP contribution >= 0.6 is 24.0 Å². The SMILES string of the molecule is CCCCCCOc1ccc(/C=C2\SC(=S)N(c3ccc(C(=O)O)cc3)C2=O)cc1OC. The topological polar surface area (TPSA) is 76.1 Å². The molecule has 3 rings (SSSR count). The summed E-state index contributed by atoms with van der Waals surface area (Å²) >= 11 is 6.59. The van der Waals surface area contributed by atoms with Crippen LogP contribution < -0.4 is 14.4 Å². The summed E-state index contributed by atoms with van der Waals surface area (Å²) in [6.45, 7) is 2.81. The van der Waals surface area contributed by atoms with E-state index in [9.17, 15) is 9.59 Å². The zero-order valence-corrected chi connectivity index (χ0v) is 19.6. The number of hydrogen-bond donors (Lipinski definition) is 1. The lowest BCUT2D eigenvalue weighted by Gasteiger charge is -2.14. The van der Waals surface area contributed by atoms with Crippen molar-refractivity contribution < 1.29 is 24.2 Å². The first-order chi connectivity index (χ1) is 15.4. The Morgan fingerprint density at radius 1 is 1.12 bits per heavy atom. The highest BCUT2D eigenvalue weighted by molar-refractivity contribution is 8.27. The van der Waals surface area contributed by atoms with Crippen LogP contribution in [0.15, 0.2) is 47.4 Å². The zero-order chi connectivity index (χ0) is 23.1. The third-order valence-electron chi connectivity index (χ3n) is 4.91. The Morgan fingerprint density at radius 3 is 2.53 bits per heavy atom. The molecule has 1 aliphatic rings. The summed E-state index contributed by atoms with van der Waals surface area (Å²) in [6, 6.07) is 11.6. The number of carboxylic acids is 1. The third-order valence-corrected chi connectivity index (χ3v) is 6.21. The average molecular weight is 472 g/mol. The molecule has 0 radical (unpaired) electrons. The second-order valence-corrected chi connectivity index (χ2v) is 8.86. The predicted octanol–water partition coefficient (Wildman–Crippen LogP) is 5.76. The average Bonchev–Trinajstić information content (AvgIpc) is 3.07. The first-order valence-electron chi connectivity index (χ1n) is 10.4. The van der Waals surface area contributed by atoms with Gasteiger partial charge in [0.25, 0.3) is 5.91 Å². The van der Waals surface area contributed by atoms with Crippen molar-refractivity contribution >= 4 is 51.9 Å². The van der Waals surface area contributed by atoms with E-state index in [1.807, 2.05) is 18.2 Å². The number of methoxy groups -OCH3 is 1. The number of thiocarbonyl (C=S) groups is 1. The van der Waals surface area contributed by atoms with E-state index in [0.717, 1.165) is 18.4 Å². The van der Waals surface area contributed by atoms with E-state index in [1.165, 1.54) is 41.6 Å². The van der Waals surface area contributed by atoms with Crippen molar-refractivity contribution in [2.24, 2.45) is 0 Å². The molecule has 8 heteroatoms. The molecule has 1 amide bonds. The Balaban J connectivity index is 1.74. The molecule has 1 aliphatic heterocycles. The van der Waals surface area contributed by atoms with Gasteiger partial charge in [0.2, 0.25) is 0 Å². The Kier molecular flexibility index (Phi) is 8.30. The second-order valence-electron chi connectivity index (χ2n) is 7.19. The second kappa shape index (κ2) is 11.2. The van der Waals surface area contributed by atoms with Crippen LogP contribution in [0.1, 0.15) is 48.5 Å². The summed E-state index contributed by atoms with van der Waals surface area (Å²) in [7, 11) is 1.59. The third kappa shape index (κ3) is 5.69. The van der Waals surface area contributed by atoms with E-state index in [-0.39, 0.29) is 11.5 Å². The van der Waals surface area contributed by atoms with Crippen LogP contribution in [-0.4, -0.2) is 35.0 Å². The number of benzene rings is 2. The number of hydrogen-bond acceptors (Lipinski definition) is 6. The van der Waals surface area contributed by atoms with Crippen molar-refractivity contribution in [2.75, 3.05) is 18.6 Å². The number of rotatable bonds is 10. The molecule has 0 saturated carbocycles. The molecule has 0 spiro atoms. The summed E-state index contributed by atoms with van der Waals surface area (Å²) in [5, 5.41) is 9.06. The van der Waals surface area contributed by atoms with Gasteiger partial charge in [0.15, 0.2) is 15.8 Å². The molecule has 0 aromatic heterocycles. The molecule has 1 heterocycles. The molecule has 1 saturated heterocycles. The van der Waals surface area contributed by atoms with Gasteiger partial charge >= 0.3 is 5.97 Å². The van der Waals surface area contributed by atoms with Crippen LogP contribution in [0.5, 0.6) is 11.5 Å². The van der Waals surface area contributed by atoms with Gasteiger partial charge in [-0.3, -0.25) is 9.69 Å². The smallest absolute Gasteiger partial charge is 0.335 e. The number of carbonyl (C=O) groups excluding carboxylic acids is 1. The molecule has 1 N–H and O–H groups in total. The van der Waals surface area contributed by atoms with Crippen LogP contribution in [0.4, 0.5) is 5.69 Å². The number of amides is 1. The summed E-state index contributed by atoms with van der Waals surface area (Å²) in [6.07, 6.45) is 6.27. The molecule has 168 valence electrons. The van der Waals surface area contributed by atoms with E-state index in [4.69, 9.17) is 26.8 Å². The van der Waals surface area contributed by atoms with Gasteiger partial charge in [0, 0.05) is 0 Å². The van der Waals surface area contributed by atoms with Crippen molar-refractivity contribution in [1.29, 1.82) is 0 Å². The fraction of sp³-hybridized carbons (Fsp3) is 0.292. The molecular weight excluding hydrogens is 446 g/mol. The van der Waals surface area contributed by atoms with Crippen LogP contribution in [-0.2, 0) is 4.79 Å². The first kappa shape index (κ1) is 23.8.